The highest BCUT2D eigenvalue weighted by Crippen LogP contribution is 2.06. The average Bonchev–Trinajstić information content (AvgIpc) is 2.48. The van der Waals surface area contributed by atoms with Crippen molar-refractivity contribution >= 4 is 17.9 Å². The van der Waals surface area contributed by atoms with Gasteiger partial charge in [-0.3, -0.25) is 4.79 Å². The van der Waals surface area contributed by atoms with Gasteiger partial charge in [0.05, 0.1) is 0 Å². The number of hydrogen-bond donors (Lipinski definition) is 2. The maximum Gasteiger partial charge on any atom is 0.326 e. The molecular formula is C12H21N3O4. The Morgan fingerprint density at radius 3 is 2.47 bits per heavy atom. The summed E-state index contributed by atoms with van der Waals surface area (Å²) in [5.74, 6) is -1.42. The number of amides is 3. The second-order valence-electron chi connectivity index (χ2n) is 5.10. The lowest BCUT2D eigenvalue weighted by molar-refractivity contribution is -0.140. The van der Waals surface area contributed by atoms with Gasteiger partial charge >= 0.3 is 12.0 Å². The summed E-state index contributed by atoms with van der Waals surface area (Å²) in [7, 11) is 1.69. The van der Waals surface area contributed by atoms with Crippen LogP contribution in [0.15, 0.2) is 0 Å². The molecule has 1 rings (SSSR count). The Labute approximate surface area is 112 Å². The standard InChI is InChI=1S/C12H21N3O4/c1-8(2)10(11(17)18)13-12(19)15-6-4-5-14(3)9(16)7-15/h8,10H,4-7H2,1-3H3,(H,13,19)(H,17,18)/t10-/m0/s1. The van der Waals surface area contributed by atoms with Gasteiger partial charge in [-0.25, -0.2) is 9.59 Å². The first-order valence-corrected chi connectivity index (χ1v) is 6.35. The first-order valence-electron chi connectivity index (χ1n) is 6.35. The summed E-state index contributed by atoms with van der Waals surface area (Å²) in [6.45, 7) is 4.50. The second-order valence-corrected chi connectivity index (χ2v) is 5.10. The Morgan fingerprint density at radius 1 is 1.32 bits per heavy atom. The molecule has 7 heteroatoms. The lowest BCUT2D eigenvalue weighted by atomic mass is 10.1. The molecule has 19 heavy (non-hydrogen) atoms. The summed E-state index contributed by atoms with van der Waals surface area (Å²) >= 11 is 0. The maximum absolute atomic E-state index is 12.0. The largest absolute Gasteiger partial charge is 0.480 e. The number of likely N-dealkylation sites (N-methyl/N-ethyl adjacent to an activating group) is 1. The number of carbonyl (C=O) groups excluding carboxylic acids is 2. The minimum absolute atomic E-state index is 0.00717. The molecule has 1 atom stereocenters. The van der Waals surface area contributed by atoms with Crippen molar-refractivity contribution in [1.29, 1.82) is 0 Å². The molecular weight excluding hydrogens is 250 g/mol. The number of aliphatic carboxylic acids is 1. The van der Waals surface area contributed by atoms with Crippen molar-refractivity contribution in [2.75, 3.05) is 26.7 Å². The third kappa shape index (κ3) is 4.11. The monoisotopic (exact) mass is 271 g/mol. The fraction of sp³-hybridized carbons (Fsp3) is 0.750. The number of urea groups is 1. The van der Waals surface area contributed by atoms with Crippen molar-refractivity contribution < 1.29 is 19.5 Å². The van der Waals surface area contributed by atoms with Gasteiger partial charge in [-0.1, -0.05) is 13.8 Å². The number of carboxylic acid groups (broad SMARTS) is 1. The molecule has 1 saturated heterocycles. The summed E-state index contributed by atoms with van der Waals surface area (Å²) in [5.41, 5.74) is 0. The van der Waals surface area contributed by atoms with Crippen LogP contribution in [-0.4, -0.2) is 65.5 Å². The van der Waals surface area contributed by atoms with E-state index in [4.69, 9.17) is 5.11 Å². The molecule has 108 valence electrons. The molecule has 3 amide bonds. The Bertz CT molecular complexity index is 370. The van der Waals surface area contributed by atoms with Crippen molar-refractivity contribution in [2.45, 2.75) is 26.3 Å². The number of nitrogens with one attached hydrogen (secondary N) is 1. The van der Waals surface area contributed by atoms with E-state index < -0.39 is 18.0 Å². The molecule has 0 aromatic carbocycles. The van der Waals surface area contributed by atoms with Crippen LogP contribution in [0.2, 0.25) is 0 Å². The topological polar surface area (TPSA) is 90.0 Å². The predicted molar refractivity (Wildman–Crippen MR) is 68.6 cm³/mol. The molecule has 1 fully saturated rings. The fourth-order valence-corrected chi connectivity index (χ4v) is 1.90. The van der Waals surface area contributed by atoms with Gasteiger partial charge in [-0.05, 0) is 12.3 Å². The summed E-state index contributed by atoms with van der Waals surface area (Å²) < 4.78 is 0. The Kier molecular flexibility index (Phi) is 5.14. The minimum atomic E-state index is -1.07. The summed E-state index contributed by atoms with van der Waals surface area (Å²) in [5, 5.41) is 11.5. The van der Waals surface area contributed by atoms with Gasteiger partial charge in [0.15, 0.2) is 0 Å². The Morgan fingerprint density at radius 2 is 1.95 bits per heavy atom. The molecule has 0 saturated carbocycles. The van der Waals surface area contributed by atoms with Gasteiger partial charge in [0.2, 0.25) is 5.91 Å². The SMILES string of the molecule is CC(C)[C@H](NC(=O)N1CCCN(C)C(=O)C1)C(=O)O. The van der Waals surface area contributed by atoms with E-state index in [0.29, 0.717) is 19.5 Å². The molecule has 1 aliphatic rings. The van der Waals surface area contributed by atoms with E-state index in [0.717, 1.165) is 0 Å². The molecule has 0 aromatic heterocycles. The lowest BCUT2D eigenvalue weighted by Gasteiger charge is -2.24. The zero-order valence-corrected chi connectivity index (χ0v) is 11.5. The van der Waals surface area contributed by atoms with Crippen LogP contribution in [0.3, 0.4) is 0 Å². The highest BCUT2D eigenvalue weighted by molar-refractivity contribution is 5.87. The number of carboxylic acids is 1. The van der Waals surface area contributed by atoms with E-state index in [1.54, 1.807) is 25.8 Å². The lowest BCUT2D eigenvalue weighted by Crippen LogP contribution is -2.51. The smallest absolute Gasteiger partial charge is 0.326 e. The molecule has 0 aliphatic carbocycles. The molecule has 0 aromatic rings. The number of carbonyl (C=O) groups is 3. The Hall–Kier alpha value is -1.79. The van der Waals surface area contributed by atoms with Crippen molar-refractivity contribution in [1.82, 2.24) is 15.1 Å². The van der Waals surface area contributed by atoms with Crippen molar-refractivity contribution in [3.8, 4) is 0 Å². The molecule has 0 unspecified atom stereocenters. The molecule has 2 N–H and O–H groups in total. The Balaban J connectivity index is 2.66. The zero-order valence-electron chi connectivity index (χ0n) is 11.5. The van der Waals surface area contributed by atoms with E-state index in [1.807, 2.05) is 0 Å². The molecule has 7 nitrogen and oxygen atoms in total. The third-order valence-corrected chi connectivity index (χ3v) is 3.17. The highest BCUT2D eigenvalue weighted by Gasteiger charge is 2.28. The van der Waals surface area contributed by atoms with E-state index in [1.165, 1.54) is 4.90 Å². The average molecular weight is 271 g/mol. The summed E-state index contributed by atoms with van der Waals surface area (Å²) in [6.07, 6.45) is 0.690. The van der Waals surface area contributed by atoms with Gasteiger partial charge in [-0.2, -0.15) is 0 Å². The molecule has 1 heterocycles. The van der Waals surface area contributed by atoms with Crippen LogP contribution in [0.1, 0.15) is 20.3 Å². The van der Waals surface area contributed by atoms with Gasteiger partial charge in [0.25, 0.3) is 0 Å². The quantitative estimate of drug-likeness (QED) is 0.754. The number of nitrogens with zero attached hydrogens (tertiary/aromatic N) is 2. The van der Waals surface area contributed by atoms with Crippen molar-refractivity contribution in [3.63, 3.8) is 0 Å². The van der Waals surface area contributed by atoms with Crippen LogP contribution >= 0.6 is 0 Å². The number of rotatable bonds is 3. The van der Waals surface area contributed by atoms with Crippen molar-refractivity contribution in [2.24, 2.45) is 5.92 Å². The van der Waals surface area contributed by atoms with Gasteiger partial charge < -0.3 is 20.2 Å². The van der Waals surface area contributed by atoms with Gasteiger partial charge in [-0.15, -0.1) is 0 Å². The van der Waals surface area contributed by atoms with Crippen LogP contribution in [-0.2, 0) is 9.59 Å². The van der Waals surface area contributed by atoms with Crippen LogP contribution in [0.25, 0.3) is 0 Å². The van der Waals surface area contributed by atoms with Crippen LogP contribution in [0.4, 0.5) is 4.79 Å². The number of hydrogen-bond acceptors (Lipinski definition) is 3. The fourth-order valence-electron chi connectivity index (χ4n) is 1.90. The molecule has 1 aliphatic heterocycles. The van der Waals surface area contributed by atoms with E-state index in [9.17, 15) is 14.4 Å². The first kappa shape index (κ1) is 15.3. The highest BCUT2D eigenvalue weighted by atomic mass is 16.4. The van der Waals surface area contributed by atoms with Crippen LogP contribution in [0, 0.1) is 5.92 Å². The van der Waals surface area contributed by atoms with Gasteiger partial charge in [0, 0.05) is 20.1 Å². The molecule has 0 radical (unpaired) electrons. The maximum atomic E-state index is 12.0. The third-order valence-electron chi connectivity index (χ3n) is 3.17. The van der Waals surface area contributed by atoms with E-state index in [-0.39, 0.29) is 18.4 Å². The van der Waals surface area contributed by atoms with Gasteiger partial charge in [0.1, 0.15) is 12.6 Å². The summed E-state index contributed by atoms with van der Waals surface area (Å²) in [4.78, 5) is 37.6. The normalized spacial score (nSPS) is 18.2. The minimum Gasteiger partial charge on any atom is -0.480 e. The van der Waals surface area contributed by atoms with E-state index >= 15 is 0 Å². The molecule has 0 spiro atoms. The zero-order chi connectivity index (χ0) is 14.6. The second kappa shape index (κ2) is 6.40. The van der Waals surface area contributed by atoms with Crippen molar-refractivity contribution in [3.05, 3.63) is 0 Å². The predicted octanol–water partition coefficient (Wildman–Crippen LogP) is -0.0307. The summed E-state index contributed by atoms with van der Waals surface area (Å²) in [6, 6.07) is -1.44. The first-order chi connectivity index (χ1) is 8.82. The van der Waals surface area contributed by atoms with E-state index in [2.05, 4.69) is 5.32 Å². The van der Waals surface area contributed by atoms with Crippen LogP contribution < -0.4 is 5.32 Å². The van der Waals surface area contributed by atoms with Crippen LogP contribution in [0.5, 0.6) is 0 Å². The molecule has 0 bridgehead atoms.